The van der Waals surface area contributed by atoms with Crippen molar-refractivity contribution in [2.75, 3.05) is 0 Å². The summed E-state index contributed by atoms with van der Waals surface area (Å²) in [6.07, 6.45) is 3.01. The molecule has 0 radical (unpaired) electrons. The van der Waals surface area contributed by atoms with E-state index in [1.54, 1.807) is 6.92 Å². The van der Waals surface area contributed by atoms with Gasteiger partial charge in [-0.05, 0) is 42.5 Å². The van der Waals surface area contributed by atoms with Crippen molar-refractivity contribution in [2.24, 2.45) is 11.5 Å². The second-order valence-corrected chi connectivity index (χ2v) is 5.96. The van der Waals surface area contributed by atoms with E-state index in [1.807, 2.05) is 18.2 Å². The molecule has 0 heterocycles. The van der Waals surface area contributed by atoms with Crippen molar-refractivity contribution in [3.63, 3.8) is 0 Å². The SMILES string of the molecule is C/C(=C(/N)SC1=CCCc2c(Cl)cccc21)C(N)O. The fourth-order valence-corrected chi connectivity index (χ4v) is 3.23. The fourth-order valence-electron chi connectivity index (χ4n) is 1.94. The Kier molecular flexibility index (Phi) is 4.58. The van der Waals surface area contributed by atoms with Gasteiger partial charge >= 0.3 is 0 Å². The molecule has 1 aromatic carbocycles. The van der Waals surface area contributed by atoms with Crippen LogP contribution in [0.15, 0.2) is 34.9 Å². The number of allylic oxidation sites excluding steroid dienone is 1. The Morgan fingerprint density at radius 1 is 1.47 bits per heavy atom. The number of aliphatic hydroxyl groups excluding tert-OH is 1. The molecule has 0 amide bonds. The molecule has 102 valence electrons. The van der Waals surface area contributed by atoms with E-state index >= 15 is 0 Å². The molecule has 1 atom stereocenters. The van der Waals surface area contributed by atoms with Gasteiger partial charge in [0.25, 0.3) is 0 Å². The predicted molar refractivity (Wildman–Crippen MR) is 82.4 cm³/mol. The maximum absolute atomic E-state index is 9.35. The topological polar surface area (TPSA) is 72.3 Å². The van der Waals surface area contributed by atoms with Crippen LogP contribution in [0, 0.1) is 0 Å². The van der Waals surface area contributed by atoms with Gasteiger partial charge in [0, 0.05) is 9.93 Å². The van der Waals surface area contributed by atoms with Crippen LogP contribution < -0.4 is 11.5 Å². The van der Waals surface area contributed by atoms with Crippen molar-refractivity contribution in [2.45, 2.75) is 26.0 Å². The van der Waals surface area contributed by atoms with Crippen molar-refractivity contribution < 1.29 is 5.11 Å². The third-order valence-electron chi connectivity index (χ3n) is 3.16. The van der Waals surface area contributed by atoms with Crippen LogP contribution in [0.2, 0.25) is 5.02 Å². The number of thioether (sulfide) groups is 1. The Morgan fingerprint density at radius 2 is 2.21 bits per heavy atom. The monoisotopic (exact) mass is 296 g/mol. The molecule has 5 heteroatoms. The smallest absolute Gasteiger partial charge is 0.127 e. The first kappa shape index (κ1) is 14.5. The van der Waals surface area contributed by atoms with Gasteiger partial charge in [-0.1, -0.05) is 41.6 Å². The number of nitrogens with two attached hydrogens (primary N) is 2. The van der Waals surface area contributed by atoms with Crippen LogP contribution in [0.4, 0.5) is 0 Å². The molecule has 0 bridgehead atoms. The van der Waals surface area contributed by atoms with Gasteiger partial charge in [0.05, 0.1) is 5.03 Å². The molecule has 5 N–H and O–H groups in total. The third-order valence-corrected chi connectivity index (χ3v) is 4.66. The van der Waals surface area contributed by atoms with Gasteiger partial charge in [0.2, 0.25) is 0 Å². The summed E-state index contributed by atoms with van der Waals surface area (Å²) < 4.78 is 0. The number of hydrogen-bond acceptors (Lipinski definition) is 4. The van der Waals surface area contributed by atoms with Gasteiger partial charge in [-0.15, -0.1) is 0 Å². The summed E-state index contributed by atoms with van der Waals surface area (Å²) in [6.45, 7) is 1.73. The minimum Gasteiger partial charge on any atom is -0.393 e. The van der Waals surface area contributed by atoms with Crippen molar-refractivity contribution in [1.82, 2.24) is 0 Å². The number of aliphatic hydroxyl groups is 1. The molecule has 3 nitrogen and oxygen atoms in total. The highest BCUT2D eigenvalue weighted by Gasteiger charge is 2.17. The van der Waals surface area contributed by atoms with E-state index in [9.17, 15) is 5.11 Å². The van der Waals surface area contributed by atoms with Gasteiger partial charge < -0.3 is 16.6 Å². The van der Waals surface area contributed by atoms with Crippen molar-refractivity contribution >= 4 is 28.3 Å². The van der Waals surface area contributed by atoms with Gasteiger partial charge in [-0.2, -0.15) is 0 Å². The Balaban J connectivity index is 2.32. The quantitative estimate of drug-likeness (QED) is 0.750. The molecule has 0 aliphatic heterocycles. The third kappa shape index (κ3) is 3.15. The Bertz CT molecular complexity index is 552. The first-order chi connectivity index (χ1) is 9.00. The molecular weight excluding hydrogens is 280 g/mol. The summed E-state index contributed by atoms with van der Waals surface area (Å²) in [5, 5.41) is 10.7. The molecule has 0 fully saturated rings. The van der Waals surface area contributed by atoms with Crippen molar-refractivity contribution in [3.05, 3.63) is 51.0 Å². The van der Waals surface area contributed by atoms with Crippen LogP contribution in [0.1, 0.15) is 24.5 Å². The van der Waals surface area contributed by atoms with E-state index in [2.05, 4.69) is 6.08 Å². The fraction of sp³-hybridized carbons (Fsp3) is 0.286. The van der Waals surface area contributed by atoms with Gasteiger partial charge in [0.1, 0.15) is 6.23 Å². The van der Waals surface area contributed by atoms with Crippen LogP contribution in [-0.2, 0) is 6.42 Å². The first-order valence-corrected chi connectivity index (χ1v) is 7.26. The Morgan fingerprint density at radius 3 is 2.89 bits per heavy atom. The molecule has 2 rings (SSSR count). The van der Waals surface area contributed by atoms with E-state index in [4.69, 9.17) is 23.1 Å². The average molecular weight is 297 g/mol. The molecule has 0 saturated carbocycles. The molecule has 19 heavy (non-hydrogen) atoms. The average Bonchev–Trinajstić information content (AvgIpc) is 2.39. The second-order valence-electron chi connectivity index (χ2n) is 4.47. The summed E-state index contributed by atoms with van der Waals surface area (Å²) in [6, 6.07) is 5.88. The molecule has 0 saturated heterocycles. The Labute approximate surface area is 122 Å². The predicted octanol–water partition coefficient (Wildman–Crippen LogP) is 2.83. The highest BCUT2D eigenvalue weighted by Crippen LogP contribution is 2.40. The van der Waals surface area contributed by atoms with Crippen molar-refractivity contribution in [3.8, 4) is 0 Å². The van der Waals surface area contributed by atoms with Crippen LogP contribution in [0.5, 0.6) is 0 Å². The number of rotatable bonds is 3. The highest BCUT2D eigenvalue weighted by molar-refractivity contribution is 8.11. The van der Waals surface area contributed by atoms with Crippen LogP contribution in [0.25, 0.3) is 4.91 Å². The normalized spacial score (nSPS) is 17.4. The van der Waals surface area contributed by atoms with Crippen LogP contribution in [-0.4, -0.2) is 11.3 Å². The summed E-state index contributed by atoms with van der Waals surface area (Å²) in [5.41, 5.74) is 14.3. The molecule has 1 unspecified atom stereocenters. The minimum absolute atomic E-state index is 0.536. The lowest BCUT2D eigenvalue weighted by Crippen LogP contribution is -2.22. The summed E-state index contributed by atoms with van der Waals surface area (Å²) in [7, 11) is 0. The zero-order chi connectivity index (χ0) is 14.0. The number of halogens is 1. The first-order valence-electron chi connectivity index (χ1n) is 6.06. The number of benzene rings is 1. The zero-order valence-corrected chi connectivity index (χ0v) is 12.3. The van der Waals surface area contributed by atoms with Gasteiger partial charge in [-0.3, -0.25) is 0 Å². The van der Waals surface area contributed by atoms with E-state index < -0.39 is 6.23 Å². The minimum atomic E-state index is -1.02. The molecule has 1 aliphatic carbocycles. The second kappa shape index (κ2) is 6.01. The zero-order valence-electron chi connectivity index (χ0n) is 10.7. The highest BCUT2D eigenvalue weighted by atomic mass is 35.5. The summed E-state index contributed by atoms with van der Waals surface area (Å²) in [5.74, 6) is 0. The molecule has 0 spiro atoms. The number of fused-ring (bicyclic) bond motifs is 1. The summed E-state index contributed by atoms with van der Waals surface area (Å²) in [4.78, 5) is 1.07. The van der Waals surface area contributed by atoms with Gasteiger partial charge in [-0.25, -0.2) is 0 Å². The van der Waals surface area contributed by atoms with E-state index in [0.717, 1.165) is 33.9 Å². The molecule has 0 aromatic heterocycles. The van der Waals surface area contributed by atoms with Crippen LogP contribution in [0.3, 0.4) is 0 Å². The Hall–Kier alpha value is -0.940. The van der Waals surface area contributed by atoms with Crippen LogP contribution >= 0.6 is 23.4 Å². The molecular formula is C14H17ClN2OS. The van der Waals surface area contributed by atoms with E-state index in [-0.39, 0.29) is 0 Å². The summed E-state index contributed by atoms with van der Waals surface area (Å²) >= 11 is 7.65. The number of hydrogen-bond donors (Lipinski definition) is 3. The molecule has 1 aromatic rings. The maximum atomic E-state index is 9.35. The van der Waals surface area contributed by atoms with Crippen molar-refractivity contribution in [1.29, 1.82) is 0 Å². The molecule has 1 aliphatic rings. The van der Waals surface area contributed by atoms with E-state index in [1.165, 1.54) is 11.8 Å². The standard InChI is InChI=1S/C14H17ClN2OS/c1-8(13(16)18)14(17)19-12-7-3-4-9-10(12)5-2-6-11(9)15/h2,5-7,13,18H,3-4,16-17H2,1H3/b14-8+. The maximum Gasteiger partial charge on any atom is 0.127 e. The lowest BCUT2D eigenvalue weighted by atomic mass is 9.97. The largest absolute Gasteiger partial charge is 0.393 e. The van der Waals surface area contributed by atoms with E-state index in [0.29, 0.717) is 10.6 Å². The lowest BCUT2D eigenvalue weighted by Gasteiger charge is -2.19. The van der Waals surface area contributed by atoms with Gasteiger partial charge in [0.15, 0.2) is 0 Å². The lowest BCUT2D eigenvalue weighted by molar-refractivity contribution is 0.218.